The summed E-state index contributed by atoms with van der Waals surface area (Å²) >= 11 is 0. The van der Waals surface area contributed by atoms with Crippen LogP contribution in [0.15, 0.2) is 24.3 Å². The molecule has 3 atom stereocenters. The third-order valence-corrected chi connectivity index (χ3v) is 4.88. The van der Waals surface area contributed by atoms with Gasteiger partial charge in [-0.05, 0) is 50.3 Å². The maximum absolute atomic E-state index is 13.0. The van der Waals surface area contributed by atoms with E-state index < -0.39 is 36.0 Å². The maximum atomic E-state index is 13.0. The number of carbonyl (C=O) groups excluding carboxylic acids is 1. The molecule has 1 saturated carbocycles. The van der Waals surface area contributed by atoms with Crippen LogP contribution in [0.4, 0.5) is 13.2 Å². The molecule has 1 aliphatic heterocycles. The van der Waals surface area contributed by atoms with Crippen LogP contribution in [0, 0.1) is 0 Å². The molecule has 0 bridgehead atoms. The lowest BCUT2D eigenvalue weighted by Crippen LogP contribution is -2.42. The molecule has 1 amide bonds. The van der Waals surface area contributed by atoms with Gasteiger partial charge in [0.15, 0.2) is 6.10 Å². The molecule has 1 unspecified atom stereocenters. The Morgan fingerprint density at radius 3 is 2.38 bits per heavy atom. The summed E-state index contributed by atoms with van der Waals surface area (Å²) in [6, 6.07) is 4.36. The van der Waals surface area contributed by atoms with Crippen molar-refractivity contribution in [3.8, 4) is 0 Å². The van der Waals surface area contributed by atoms with Crippen LogP contribution in [0.2, 0.25) is 0 Å². The molecule has 5 nitrogen and oxygen atoms in total. The molecule has 2 fully saturated rings. The predicted octanol–water partition coefficient (Wildman–Crippen LogP) is 3.39. The van der Waals surface area contributed by atoms with Crippen molar-refractivity contribution in [3.63, 3.8) is 0 Å². The van der Waals surface area contributed by atoms with Crippen molar-refractivity contribution in [3.05, 3.63) is 35.4 Å². The Hall–Kier alpha value is -2.09. The minimum Gasteiger partial charge on any atom is -0.479 e. The molecule has 0 radical (unpaired) electrons. The molecule has 1 aromatic rings. The van der Waals surface area contributed by atoms with Crippen LogP contribution < -0.4 is 0 Å². The van der Waals surface area contributed by atoms with Crippen LogP contribution in [-0.2, 0) is 20.5 Å². The fourth-order valence-corrected chi connectivity index (χ4v) is 3.34. The minimum atomic E-state index is -4.45. The summed E-state index contributed by atoms with van der Waals surface area (Å²) in [7, 11) is 0. The van der Waals surface area contributed by atoms with Crippen molar-refractivity contribution in [2.24, 2.45) is 0 Å². The van der Waals surface area contributed by atoms with Gasteiger partial charge >= 0.3 is 12.1 Å². The van der Waals surface area contributed by atoms with Gasteiger partial charge in [0.1, 0.15) is 6.10 Å². The van der Waals surface area contributed by atoms with Crippen molar-refractivity contribution in [1.29, 1.82) is 0 Å². The third kappa shape index (κ3) is 3.85. The topological polar surface area (TPSA) is 66.8 Å². The van der Waals surface area contributed by atoms with Crippen molar-refractivity contribution in [1.82, 2.24) is 4.90 Å². The van der Waals surface area contributed by atoms with Gasteiger partial charge in [-0.1, -0.05) is 12.1 Å². The van der Waals surface area contributed by atoms with Gasteiger partial charge in [-0.3, -0.25) is 4.79 Å². The number of hydrogen-bond donors (Lipinski definition) is 1. The summed E-state index contributed by atoms with van der Waals surface area (Å²) in [4.78, 5) is 25.5. The number of carbonyl (C=O) groups is 2. The number of benzene rings is 1. The highest BCUT2D eigenvalue weighted by Crippen LogP contribution is 2.38. The molecular weight excluding hydrogens is 351 g/mol. The number of halogens is 3. The van der Waals surface area contributed by atoms with E-state index >= 15 is 0 Å². The number of aliphatic carboxylic acids is 1. The Balaban J connectivity index is 1.80. The van der Waals surface area contributed by atoms with Crippen LogP contribution in [0.1, 0.15) is 49.8 Å². The second-order valence-corrected chi connectivity index (χ2v) is 6.80. The van der Waals surface area contributed by atoms with Gasteiger partial charge in [0.05, 0.1) is 11.6 Å². The Morgan fingerprint density at radius 1 is 1.19 bits per heavy atom. The van der Waals surface area contributed by atoms with Gasteiger partial charge < -0.3 is 14.7 Å². The van der Waals surface area contributed by atoms with Gasteiger partial charge in [-0.15, -0.1) is 0 Å². The number of amides is 1. The molecule has 3 rings (SSSR count). The molecule has 1 heterocycles. The number of hydrogen-bond acceptors (Lipinski definition) is 3. The van der Waals surface area contributed by atoms with Crippen LogP contribution in [-0.4, -0.2) is 40.1 Å². The Bertz CT molecular complexity index is 702. The maximum Gasteiger partial charge on any atom is 0.416 e. The fraction of sp³-hybridized carbons (Fsp3) is 0.556. The van der Waals surface area contributed by atoms with Crippen LogP contribution in [0.5, 0.6) is 0 Å². The fourth-order valence-electron chi connectivity index (χ4n) is 3.34. The van der Waals surface area contributed by atoms with E-state index in [4.69, 9.17) is 9.84 Å². The minimum absolute atomic E-state index is 0.0421. The third-order valence-electron chi connectivity index (χ3n) is 4.88. The Kier molecular flexibility index (Phi) is 4.96. The normalized spacial score (nSPS) is 24.3. The number of alkyl halides is 3. The van der Waals surface area contributed by atoms with E-state index in [9.17, 15) is 22.8 Å². The SMILES string of the molecule is CC(c1cccc(C(F)(F)F)c1)N(C(=O)[C@@H]1CC[C@H](C(=O)O)O1)C1CC1. The summed E-state index contributed by atoms with van der Waals surface area (Å²) < 4.78 is 44.2. The van der Waals surface area contributed by atoms with Gasteiger partial charge in [-0.2, -0.15) is 13.2 Å². The average Bonchev–Trinajstić information content (AvgIpc) is 3.28. The molecule has 1 N–H and O–H groups in total. The van der Waals surface area contributed by atoms with Crippen LogP contribution in [0.3, 0.4) is 0 Å². The van der Waals surface area contributed by atoms with Crippen molar-refractivity contribution >= 4 is 11.9 Å². The Labute approximate surface area is 148 Å². The van der Waals surface area contributed by atoms with Crippen molar-refractivity contribution < 1.29 is 32.6 Å². The van der Waals surface area contributed by atoms with E-state index in [1.165, 1.54) is 6.07 Å². The summed E-state index contributed by atoms with van der Waals surface area (Å²) in [5, 5.41) is 9.01. The number of carboxylic acids is 1. The number of ether oxygens (including phenoxy) is 1. The molecule has 0 aromatic heterocycles. The standard InChI is InChI=1S/C18H20F3NO4/c1-10(11-3-2-4-12(9-11)18(19,20)21)22(13-5-6-13)16(23)14-7-8-15(26-14)17(24)25/h2-4,9-10,13-15H,5-8H2,1H3,(H,24,25)/t10?,14-,15+/m0/s1. The zero-order valence-electron chi connectivity index (χ0n) is 14.2. The quantitative estimate of drug-likeness (QED) is 0.862. The lowest BCUT2D eigenvalue weighted by molar-refractivity contribution is -0.156. The van der Waals surface area contributed by atoms with Gasteiger partial charge in [0, 0.05) is 6.04 Å². The van der Waals surface area contributed by atoms with Gasteiger partial charge in [0.2, 0.25) is 0 Å². The average molecular weight is 371 g/mol. The lowest BCUT2D eigenvalue weighted by Gasteiger charge is -2.32. The molecule has 142 valence electrons. The summed E-state index contributed by atoms with van der Waals surface area (Å²) in [5.41, 5.74) is -0.360. The van der Waals surface area contributed by atoms with E-state index in [1.807, 2.05) is 0 Å². The first kappa shape index (κ1) is 18.7. The van der Waals surface area contributed by atoms with E-state index in [0.717, 1.165) is 25.0 Å². The second kappa shape index (κ2) is 6.90. The van der Waals surface area contributed by atoms with E-state index in [0.29, 0.717) is 12.0 Å². The molecule has 26 heavy (non-hydrogen) atoms. The van der Waals surface area contributed by atoms with Crippen molar-refractivity contribution in [2.45, 2.75) is 63.1 Å². The number of carboxylic acid groups (broad SMARTS) is 1. The highest BCUT2D eigenvalue weighted by atomic mass is 19.4. The first-order valence-electron chi connectivity index (χ1n) is 8.56. The first-order valence-corrected chi connectivity index (χ1v) is 8.56. The molecule has 2 aliphatic rings. The largest absolute Gasteiger partial charge is 0.479 e. The summed E-state index contributed by atoms with van der Waals surface area (Å²) in [5.74, 6) is -1.45. The number of nitrogens with zero attached hydrogens (tertiary/aromatic N) is 1. The van der Waals surface area contributed by atoms with E-state index in [-0.39, 0.29) is 18.4 Å². The van der Waals surface area contributed by atoms with Crippen LogP contribution in [0.25, 0.3) is 0 Å². The Morgan fingerprint density at radius 2 is 1.85 bits per heavy atom. The summed E-state index contributed by atoms with van der Waals surface area (Å²) in [6.45, 7) is 1.69. The highest BCUT2D eigenvalue weighted by Gasteiger charge is 2.43. The van der Waals surface area contributed by atoms with Gasteiger partial charge in [-0.25, -0.2) is 4.79 Å². The molecular formula is C18H20F3NO4. The smallest absolute Gasteiger partial charge is 0.416 e. The van der Waals surface area contributed by atoms with Gasteiger partial charge in [0.25, 0.3) is 5.91 Å². The molecule has 1 aromatic carbocycles. The first-order chi connectivity index (χ1) is 12.2. The lowest BCUT2D eigenvalue weighted by atomic mass is 10.0. The predicted molar refractivity (Wildman–Crippen MR) is 85.3 cm³/mol. The summed E-state index contributed by atoms with van der Waals surface area (Å²) in [6.07, 6.45) is -4.20. The molecule has 0 spiro atoms. The van der Waals surface area contributed by atoms with Crippen molar-refractivity contribution in [2.75, 3.05) is 0 Å². The molecule has 8 heteroatoms. The molecule has 1 saturated heterocycles. The number of rotatable bonds is 5. The molecule has 1 aliphatic carbocycles. The van der Waals surface area contributed by atoms with E-state index in [2.05, 4.69) is 0 Å². The zero-order chi connectivity index (χ0) is 19.1. The van der Waals surface area contributed by atoms with Crippen LogP contribution >= 0.6 is 0 Å². The van der Waals surface area contributed by atoms with E-state index in [1.54, 1.807) is 17.9 Å². The monoisotopic (exact) mass is 371 g/mol. The second-order valence-electron chi connectivity index (χ2n) is 6.80. The zero-order valence-corrected chi connectivity index (χ0v) is 14.2. The highest BCUT2D eigenvalue weighted by molar-refractivity contribution is 5.83.